The van der Waals surface area contributed by atoms with Gasteiger partial charge in [-0.3, -0.25) is 14.4 Å². The Morgan fingerprint density at radius 1 is 0.411 bits per heavy atom. The lowest BCUT2D eigenvalue weighted by Gasteiger charge is -2.40. The molecule has 2 amide bonds. The maximum Gasteiger partial charge on any atom is 0.240 e. The summed E-state index contributed by atoms with van der Waals surface area (Å²) in [6.07, 6.45) is 2.12. The van der Waals surface area contributed by atoms with Crippen molar-refractivity contribution in [1.29, 1.82) is 0 Å². The highest BCUT2D eigenvalue weighted by molar-refractivity contribution is 7.90. The molecule has 3 aliphatic rings. The van der Waals surface area contributed by atoms with E-state index in [0.29, 0.717) is 102 Å². The van der Waals surface area contributed by atoms with Crippen LogP contribution in [0.15, 0.2) is 124 Å². The van der Waals surface area contributed by atoms with Gasteiger partial charge < -0.3 is 58.7 Å². The monoisotopic (exact) mass is 1720 g/mol. The second kappa shape index (κ2) is 44.0. The zero-order chi connectivity index (χ0) is 80.6. The first-order chi connectivity index (χ1) is 53.5. The Bertz CT molecular complexity index is 4080. The molecule has 3 atom stereocenters. The number of hydrogen-bond donors (Lipinski definition) is 5. The van der Waals surface area contributed by atoms with Crippen molar-refractivity contribution in [1.82, 2.24) is 44.4 Å². The lowest BCUT2D eigenvalue weighted by molar-refractivity contribution is -0.122. The fourth-order valence-corrected chi connectivity index (χ4v) is 19.3. The van der Waals surface area contributed by atoms with Crippen LogP contribution in [0.1, 0.15) is 119 Å². The summed E-state index contributed by atoms with van der Waals surface area (Å²) >= 11 is 38.9. The summed E-state index contributed by atoms with van der Waals surface area (Å²) < 4.78 is 123. The average molecular weight is 1730 g/mol. The Kier molecular flexibility index (Phi) is 35.7. The van der Waals surface area contributed by atoms with Gasteiger partial charge in [0.05, 0.1) is 87.4 Å². The van der Waals surface area contributed by atoms with E-state index in [1.54, 1.807) is 72.8 Å². The van der Waals surface area contributed by atoms with Crippen molar-refractivity contribution in [3.05, 3.63) is 189 Å². The molecule has 24 nitrogen and oxygen atoms in total. The Morgan fingerprint density at radius 3 is 1.04 bits per heavy atom. The lowest BCUT2D eigenvalue weighted by Crippen LogP contribution is -2.46. The van der Waals surface area contributed by atoms with Crippen LogP contribution in [0.5, 0.6) is 0 Å². The molecule has 614 valence electrons. The van der Waals surface area contributed by atoms with Crippen molar-refractivity contribution in [3.8, 4) is 0 Å². The van der Waals surface area contributed by atoms with Crippen LogP contribution in [0.2, 0.25) is 30.1 Å². The van der Waals surface area contributed by atoms with Crippen LogP contribution in [0.25, 0.3) is 0 Å². The summed E-state index contributed by atoms with van der Waals surface area (Å²) in [7, 11) is -1.90. The molecule has 112 heavy (non-hydrogen) atoms. The van der Waals surface area contributed by atoms with Gasteiger partial charge in [0.2, 0.25) is 41.9 Å². The van der Waals surface area contributed by atoms with E-state index in [0.717, 1.165) is 50.1 Å². The molecule has 0 fully saturated rings. The van der Waals surface area contributed by atoms with Crippen LogP contribution in [0, 0.1) is 0 Å². The second-order valence-electron chi connectivity index (χ2n) is 28.7. The Morgan fingerprint density at radius 2 is 0.714 bits per heavy atom. The maximum absolute atomic E-state index is 13.5. The molecular formula is C79H103Cl6N9O15S3. The number of amides is 2. The summed E-state index contributed by atoms with van der Waals surface area (Å²) in [5, 5.41) is 9.09. The lowest BCUT2D eigenvalue weighted by atomic mass is 9.81. The molecule has 33 heteroatoms. The Hall–Kier alpha value is -5.00. The van der Waals surface area contributed by atoms with E-state index >= 15 is 0 Å². The van der Waals surface area contributed by atoms with Gasteiger partial charge in [-0.15, -0.1) is 0 Å². The largest absolute Gasteiger partial charge is 0.379 e. The highest BCUT2D eigenvalue weighted by atomic mass is 35.5. The van der Waals surface area contributed by atoms with Crippen molar-refractivity contribution >= 4 is 117 Å². The fraction of sp³-hybridized carbons (Fsp3) is 0.506. The van der Waals surface area contributed by atoms with Crippen LogP contribution < -0.4 is 24.8 Å². The molecule has 0 bridgehead atoms. The van der Waals surface area contributed by atoms with Crippen LogP contribution in [-0.2, 0) is 92.5 Å². The number of fused-ring (bicyclic) bond motifs is 3. The van der Waals surface area contributed by atoms with E-state index in [1.165, 1.54) is 0 Å². The number of halogens is 6. The number of rotatable bonds is 47. The average Bonchev–Trinajstić information content (AvgIpc) is 0.780. The van der Waals surface area contributed by atoms with Crippen molar-refractivity contribution in [3.63, 3.8) is 0 Å². The molecule has 0 spiro atoms. The van der Waals surface area contributed by atoms with Gasteiger partial charge in [0.1, 0.15) is 5.78 Å². The fourth-order valence-electron chi connectivity index (χ4n) is 14.4. The van der Waals surface area contributed by atoms with E-state index in [2.05, 4.69) is 39.5 Å². The molecule has 0 radical (unpaired) electrons. The first-order valence-corrected chi connectivity index (χ1v) is 44.2. The Balaban J connectivity index is 0.668. The summed E-state index contributed by atoms with van der Waals surface area (Å²) in [5.41, 5.74) is 7.57. The molecule has 3 aliphatic heterocycles. The first kappa shape index (κ1) is 90.9. The highest BCUT2D eigenvalue weighted by Gasteiger charge is 2.36. The molecule has 6 aromatic rings. The van der Waals surface area contributed by atoms with Gasteiger partial charge in [0, 0.05) is 158 Å². The van der Waals surface area contributed by atoms with Gasteiger partial charge in [-0.2, -0.15) is 0 Å². The molecule has 0 unspecified atom stereocenters. The summed E-state index contributed by atoms with van der Waals surface area (Å²) in [6, 6.07) is 31.4. The predicted octanol–water partition coefficient (Wildman–Crippen LogP) is 10.9. The van der Waals surface area contributed by atoms with Crippen molar-refractivity contribution in [2.45, 2.75) is 109 Å². The normalized spacial score (nSPS) is 16.5. The maximum atomic E-state index is 13.5. The van der Waals surface area contributed by atoms with Crippen molar-refractivity contribution in [2.75, 3.05) is 167 Å². The minimum absolute atomic E-state index is 0.00394. The Labute approximate surface area is 689 Å². The zero-order valence-corrected chi connectivity index (χ0v) is 70.9. The third-order valence-electron chi connectivity index (χ3n) is 20.3. The number of ketones is 1. The van der Waals surface area contributed by atoms with Gasteiger partial charge in [0.25, 0.3) is 0 Å². The number of benzene rings is 6. The van der Waals surface area contributed by atoms with E-state index in [9.17, 15) is 39.6 Å². The number of ether oxygens (including phenoxy) is 6. The van der Waals surface area contributed by atoms with Gasteiger partial charge >= 0.3 is 0 Å². The van der Waals surface area contributed by atoms with Gasteiger partial charge in [-0.25, -0.2) is 39.4 Å². The number of Topliss-reactive ketones (excluding diaryl/α,β-unsaturated/α-hetero) is 1. The number of nitrogens with one attached hydrogen (secondary N) is 5. The third kappa shape index (κ3) is 27.0. The predicted molar refractivity (Wildman–Crippen MR) is 438 cm³/mol. The van der Waals surface area contributed by atoms with Crippen LogP contribution in [-0.4, -0.2) is 235 Å². The molecule has 0 saturated heterocycles. The number of carbonyl (C=O) groups is 3. The number of nitrogens with zero attached hydrogens (tertiary/aromatic N) is 4. The molecule has 0 aliphatic carbocycles. The topological polar surface area (TPSA) is 282 Å². The van der Waals surface area contributed by atoms with E-state index in [4.69, 9.17) is 98.0 Å². The zero-order valence-electron chi connectivity index (χ0n) is 63.9. The smallest absolute Gasteiger partial charge is 0.240 e. The van der Waals surface area contributed by atoms with Crippen LogP contribution in [0.3, 0.4) is 0 Å². The van der Waals surface area contributed by atoms with E-state index in [1.807, 2.05) is 76.5 Å². The third-order valence-corrected chi connectivity index (χ3v) is 26.3. The van der Waals surface area contributed by atoms with E-state index < -0.39 is 35.6 Å². The number of likely N-dealkylation sites (N-methyl/N-ethyl adjacent to an activating group) is 3. The second-order valence-corrected chi connectivity index (χ2v) is 36.5. The SMILES string of the molecule is CN1Cc2c(Cl)cc(Cl)cc2[C@H](c2cccc(S(=O)(=O)NCCOCCOCCCC(=O)CCC(CCC(=O)NCCOCCOCCNS(=O)(=O)c3cccc([C@@H]4CN(C)Cc5c(Cl)cc(Cl)cc54)c3)(CCC(=O)NCCOCCOCCNS(=O)(=O)c3cccc([C@@H]4CN(C)Cc5c(Cl)cc(Cl)cc54)c3)N(C)C)c2)C1. The molecule has 5 N–H and O–H groups in total. The van der Waals surface area contributed by atoms with Crippen molar-refractivity contribution < 1.29 is 68.1 Å². The molecule has 3 heterocycles. The number of carbonyl (C=O) groups excluding carboxylic acids is 3. The highest BCUT2D eigenvalue weighted by Crippen LogP contribution is 2.43. The summed E-state index contributed by atoms with van der Waals surface area (Å²) in [5.74, 6) is -0.882. The molecule has 0 aromatic heterocycles. The minimum Gasteiger partial charge on any atom is -0.379 e. The molecule has 6 aromatic carbocycles. The summed E-state index contributed by atoms with van der Waals surface area (Å²) in [4.78, 5) is 49.2. The quantitative estimate of drug-likeness (QED) is 0.0222. The summed E-state index contributed by atoms with van der Waals surface area (Å²) in [6.45, 7) is 6.61. The number of hydrogen-bond acceptors (Lipinski definition) is 19. The molecule has 0 saturated carbocycles. The molecular weight excluding hydrogens is 1620 g/mol. The first-order valence-electron chi connectivity index (χ1n) is 37.5. The number of sulfonamides is 3. The van der Waals surface area contributed by atoms with Crippen LogP contribution >= 0.6 is 69.6 Å². The van der Waals surface area contributed by atoms with Gasteiger partial charge in [-0.1, -0.05) is 106 Å². The van der Waals surface area contributed by atoms with Gasteiger partial charge in [-0.05, 0) is 184 Å². The van der Waals surface area contributed by atoms with E-state index in [-0.39, 0.29) is 181 Å². The molecule has 9 rings (SSSR count). The van der Waals surface area contributed by atoms with Gasteiger partial charge in [0.15, 0.2) is 0 Å². The standard InChI is InChI=1S/C79H103Cl6N9O15S3/c1-91(2)79(20-17-61(95)13-9-28-104-34-35-107-31-25-88-110(98,99)62-14-6-10-55(40-62)68-49-92(3)52-71-65(68)43-58(80)46-74(71)83,21-18-77(96)86-23-29-105-36-38-108-32-26-89-111(100,101)63-15-7-11-56(41-63)69-50-93(4)53-72-66(69)44-59(81)47-75(72)84)22-19-78(97)87-24-30-106-37-39-109-33-27-90-112(102,103)64-16-8-12-57(42-64)70-51-94(5)54-73-67(70)45-60(82)48-76(73)85/h6-8,10-12,14-16,40-48,68-70,88-90H,9,13,17-39,49-54H2,1-5H3,(H,86,96)(H,87,97)/t68-,69-,70-/m0/s1. The van der Waals surface area contributed by atoms with Crippen molar-refractivity contribution in [2.24, 2.45) is 0 Å². The minimum atomic E-state index is -3.87. The van der Waals surface area contributed by atoms with Crippen LogP contribution in [0.4, 0.5) is 0 Å².